The minimum Gasteiger partial charge on any atom is -0.467 e. The van der Waals surface area contributed by atoms with Crippen LogP contribution in [0.1, 0.15) is 53.8 Å². The predicted molar refractivity (Wildman–Crippen MR) is 97.3 cm³/mol. The van der Waals surface area contributed by atoms with Crippen LogP contribution in [0.15, 0.2) is 47.1 Å². The Hall–Kier alpha value is -2.56. The molecule has 1 aliphatic carbocycles. The summed E-state index contributed by atoms with van der Waals surface area (Å²) in [6.45, 7) is 1.12. The first-order valence-electron chi connectivity index (χ1n) is 9.41. The van der Waals surface area contributed by atoms with Crippen LogP contribution in [0.2, 0.25) is 0 Å². The Kier molecular flexibility index (Phi) is 4.78. The number of furan rings is 1. The molecule has 0 bridgehead atoms. The molecular weight excluding hydrogens is 328 g/mol. The SMILES string of the molecule is O=C1c2ccccc2CN1CC(=O)N(Cc1ccco1)C1CCCCC1. The summed E-state index contributed by atoms with van der Waals surface area (Å²) in [6.07, 6.45) is 7.24. The van der Waals surface area contributed by atoms with Crippen molar-refractivity contribution in [2.24, 2.45) is 0 Å². The van der Waals surface area contributed by atoms with Crippen molar-refractivity contribution >= 4 is 11.8 Å². The van der Waals surface area contributed by atoms with Crippen LogP contribution in [0.5, 0.6) is 0 Å². The molecule has 0 spiro atoms. The van der Waals surface area contributed by atoms with E-state index in [0.29, 0.717) is 13.1 Å². The molecule has 1 aromatic heterocycles. The average molecular weight is 352 g/mol. The van der Waals surface area contributed by atoms with Crippen molar-refractivity contribution in [1.82, 2.24) is 9.80 Å². The number of hydrogen-bond donors (Lipinski definition) is 0. The van der Waals surface area contributed by atoms with Crippen molar-refractivity contribution in [2.45, 2.75) is 51.2 Å². The lowest BCUT2D eigenvalue weighted by atomic mass is 9.94. The molecule has 0 saturated heterocycles. The van der Waals surface area contributed by atoms with Crippen molar-refractivity contribution < 1.29 is 14.0 Å². The van der Waals surface area contributed by atoms with Gasteiger partial charge in [0.1, 0.15) is 12.3 Å². The Morgan fingerprint density at radius 1 is 1.12 bits per heavy atom. The molecule has 26 heavy (non-hydrogen) atoms. The Morgan fingerprint density at radius 3 is 2.65 bits per heavy atom. The molecule has 136 valence electrons. The van der Waals surface area contributed by atoms with Crippen molar-refractivity contribution in [3.8, 4) is 0 Å². The fourth-order valence-corrected chi connectivity index (χ4v) is 4.08. The van der Waals surface area contributed by atoms with E-state index in [4.69, 9.17) is 4.42 Å². The van der Waals surface area contributed by atoms with Crippen LogP contribution in [0.3, 0.4) is 0 Å². The first-order valence-corrected chi connectivity index (χ1v) is 9.41. The second-order valence-electron chi connectivity index (χ2n) is 7.21. The standard InChI is InChI=1S/C21H24N2O3/c24-20(15-22-13-16-7-4-5-11-19(16)21(22)25)23(14-18-10-6-12-26-18)17-8-2-1-3-9-17/h4-7,10-12,17H,1-3,8-9,13-15H2. The zero-order valence-electron chi connectivity index (χ0n) is 14.9. The number of rotatable bonds is 5. The maximum atomic E-state index is 13.1. The molecule has 1 fully saturated rings. The molecule has 2 heterocycles. The van der Waals surface area contributed by atoms with E-state index in [0.717, 1.165) is 42.6 Å². The second kappa shape index (κ2) is 7.36. The Balaban J connectivity index is 1.48. The molecule has 1 saturated carbocycles. The molecule has 5 heteroatoms. The Labute approximate surface area is 153 Å². The van der Waals surface area contributed by atoms with Crippen molar-refractivity contribution in [3.05, 3.63) is 59.5 Å². The zero-order valence-corrected chi connectivity index (χ0v) is 14.9. The monoisotopic (exact) mass is 352 g/mol. The van der Waals surface area contributed by atoms with E-state index in [1.807, 2.05) is 41.3 Å². The summed E-state index contributed by atoms with van der Waals surface area (Å²) in [5, 5.41) is 0. The second-order valence-corrected chi connectivity index (χ2v) is 7.21. The van der Waals surface area contributed by atoms with Crippen LogP contribution in [0.25, 0.3) is 0 Å². The lowest BCUT2D eigenvalue weighted by Gasteiger charge is -2.35. The van der Waals surface area contributed by atoms with Crippen molar-refractivity contribution in [2.75, 3.05) is 6.54 Å². The molecule has 1 aromatic carbocycles. The van der Waals surface area contributed by atoms with E-state index in [1.54, 1.807) is 11.2 Å². The highest BCUT2D eigenvalue weighted by molar-refractivity contribution is 6.00. The average Bonchev–Trinajstić information content (AvgIpc) is 3.29. The fraction of sp³-hybridized carbons (Fsp3) is 0.429. The zero-order chi connectivity index (χ0) is 17.9. The molecule has 0 unspecified atom stereocenters. The highest BCUT2D eigenvalue weighted by Crippen LogP contribution is 2.26. The third kappa shape index (κ3) is 3.39. The maximum Gasteiger partial charge on any atom is 0.254 e. The van der Waals surface area contributed by atoms with Crippen molar-refractivity contribution in [3.63, 3.8) is 0 Å². The van der Waals surface area contributed by atoms with Gasteiger partial charge in [-0.15, -0.1) is 0 Å². The summed E-state index contributed by atoms with van der Waals surface area (Å²) < 4.78 is 5.47. The number of carbonyl (C=O) groups is 2. The van der Waals surface area contributed by atoms with E-state index in [1.165, 1.54) is 6.42 Å². The van der Waals surface area contributed by atoms with E-state index >= 15 is 0 Å². The van der Waals surface area contributed by atoms with E-state index in [2.05, 4.69) is 0 Å². The van der Waals surface area contributed by atoms with Gasteiger partial charge in [0.15, 0.2) is 0 Å². The minimum atomic E-state index is -0.0458. The highest BCUT2D eigenvalue weighted by Gasteiger charge is 2.32. The van der Waals surface area contributed by atoms with Gasteiger partial charge in [0.25, 0.3) is 5.91 Å². The third-order valence-corrected chi connectivity index (χ3v) is 5.46. The first kappa shape index (κ1) is 16.9. The summed E-state index contributed by atoms with van der Waals surface area (Å²) in [6, 6.07) is 11.6. The number of carbonyl (C=O) groups excluding carboxylic acids is 2. The maximum absolute atomic E-state index is 13.1. The summed E-state index contributed by atoms with van der Waals surface area (Å²) in [5.74, 6) is 0.755. The lowest BCUT2D eigenvalue weighted by Crippen LogP contribution is -2.46. The molecule has 0 radical (unpaired) electrons. The molecule has 4 rings (SSSR count). The largest absolute Gasteiger partial charge is 0.467 e. The quantitative estimate of drug-likeness (QED) is 0.826. The van der Waals surface area contributed by atoms with Gasteiger partial charge < -0.3 is 14.2 Å². The third-order valence-electron chi connectivity index (χ3n) is 5.46. The van der Waals surface area contributed by atoms with Crippen molar-refractivity contribution in [1.29, 1.82) is 0 Å². The smallest absolute Gasteiger partial charge is 0.254 e. The summed E-state index contributed by atoms with van der Waals surface area (Å²) in [5.41, 5.74) is 1.72. The molecule has 5 nitrogen and oxygen atoms in total. The van der Waals surface area contributed by atoms with Gasteiger partial charge in [-0.1, -0.05) is 37.5 Å². The number of fused-ring (bicyclic) bond motifs is 1. The van der Waals surface area contributed by atoms with Crippen LogP contribution in [-0.2, 0) is 17.9 Å². The van der Waals surface area contributed by atoms with E-state index in [-0.39, 0.29) is 24.4 Å². The van der Waals surface area contributed by atoms with E-state index in [9.17, 15) is 9.59 Å². The molecule has 0 N–H and O–H groups in total. The number of nitrogens with zero attached hydrogens (tertiary/aromatic N) is 2. The van der Waals surface area contributed by atoms with Gasteiger partial charge in [0, 0.05) is 18.2 Å². The van der Waals surface area contributed by atoms with Crippen LogP contribution < -0.4 is 0 Å². The minimum absolute atomic E-state index is 0.00876. The van der Waals surface area contributed by atoms with Gasteiger partial charge in [0.05, 0.1) is 12.8 Å². The summed E-state index contributed by atoms with van der Waals surface area (Å²) >= 11 is 0. The summed E-state index contributed by atoms with van der Waals surface area (Å²) in [7, 11) is 0. The van der Waals surface area contributed by atoms with Crippen LogP contribution >= 0.6 is 0 Å². The van der Waals surface area contributed by atoms with Gasteiger partial charge in [0.2, 0.25) is 5.91 Å². The van der Waals surface area contributed by atoms with Crippen LogP contribution in [0, 0.1) is 0 Å². The topological polar surface area (TPSA) is 53.8 Å². The number of benzene rings is 1. The van der Waals surface area contributed by atoms with E-state index < -0.39 is 0 Å². The van der Waals surface area contributed by atoms with Gasteiger partial charge in [-0.05, 0) is 36.6 Å². The van der Waals surface area contributed by atoms with Crippen LogP contribution in [-0.4, -0.2) is 34.2 Å². The Bertz CT molecular complexity index is 778. The summed E-state index contributed by atoms with van der Waals surface area (Å²) in [4.78, 5) is 29.3. The molecule has 2 aliphatic rings. The predicted octanol–water partition coefficient (Wildman–Crippen LogP) is 3.60. The normalized spacial score (nSPS) is 17.4. The number of hydrogen-bond acceptors (Lipinski definition) is 3. The Morgan fingerprint density at radius 2 is 1.92 bits per heavy atom. The molecule has 2 aromatic rings. The molecule has 2 amide bonds. The number of amides is 2. The highest BCUT2D eigenvalue weighted by atomic mass is 16.3. The van der Waals surface area contributed by atoms with Gasteiger partial charge >= 0.3 is 0 Å². The molecule has 0 atom stereocenters. The lowest BCUT2D eigenvalue weighted by molar-refractivity contribution is -0.136. The van der Waals surface area contributed by atoms with Gasteiger partial charge in [-0.2, -0.15) is 0 Å². The van der Waals surface area contributed by atoms with Crippen LogP contribution in [0.4, 0.5) is 0 Å². The van der Waals surface area contributed by atoms with Gasteiger partial charge in [-0.3, -0.25) is 9.59 Å². The van der Waals surface area contributed by atoms with Gasteiger partial charge in [-0.25, -0.2) is 0 Å². The molecular formula is C21H24N2O3. The molecule has 1 aliphatic heterocycles. The first-order chi connectivity index (χ1) is 12.7. The fourth-order valence-electron chi connectivity index (χ4n) is 4.08.